The summed E-state index contributed by atoms with van der Waals surface area (Å²) in [5.41, 5.74) is 5.14. The Balaban J connectivity index is 2.96. The van der Waals surface area contributed by atoms with E-state index in [-0.39, 0.29) is 36.0 Å². The lowest BCUT2D eigenvalue weighted by molar-refractivity contribution is -0.384. The Bertz CT molecular complexity index is 412. The Hall–Kier alpha value is -1.96. The maximum Gasteiger partial charge on any atom is 0.329 e. The third-order valence-corrected chi connectivity index (χ3v) is 2.49. The van der Waals surface area contributed by atoms with E-state index in [2.05, 4.69) is 15.3 Å². The molecule has 0 aromatic carbocycles. The first kappa shape index (κ1) is 13.1. The summed E-state index contributed by atoms with van der Waals surface area (Å²) in [6.07, 6.45) is 1.06. The van der Waals surface area contributed by atoms with Gasteiger partial charge in [0.2, 0.25) is 11.8 Å². The second-order valence-electron chi connectivity index (χ2n) is 3.81. The maximum absolute atomic E-state index is 10.7. The van der Waals surface area contributed by atoms with Crippen molar-refractivity contribution in [1.29, 1.82) is 0 Å². The van der Waals surface area contributed by atoms with Gasteiger partial charge in [-0.25, -0.2) is 4.98 Å². The monoisotopic (exact) mass is 241 g/mol. The second kappa shape index (κ2) is 5.39. The average Bonchev–Trinajstić information content (AvgIpc) is 2.27. The van der Waals surface area contributed by atoms with Crippen molar-refractivity contribution in [2.75, 3.05) is 17.7 Å². The van der Waals surface area contributed by atoms with Crippen LogP contribution in [0.2, 0.25) is 0 Å². The van der Waals surface area contributed by atoms with Crippen LogP contribution in [-0.4, -0.2) is 32.6 Å². The minimum atomic E-state index is -0.585. The number of nitrogens with zero attached hydrogens (tertiary/aromatic N) is 3. The van der Waals surface area contributed by atoms with E-state index in [0.717, 1.165) is 6.20 Å². The third-order valence-electron chi connectivity index (χ3n) is 2.49. The number of nitro groups is 1. The van der Waals surface area contributed by atoms with E-state index in [4.69, 9.17) is 10.8 Å². The fraction of sp³-hybridized carbons (Fsp3) is 0.556. The summed E-state index contributed by atoms with van der Waals surface area (Å²) in [5.74, 6) is -0.0388. The van der Waals surface area contributed by atoms with Crippen molar-refractivity contribution in [2.45, 2.75) is 19.9 Å². The molecule has 4 N–H and O–H groups in total. The molecule has 0 aliphatic rings. The normalized spacial score (nSPS) is 14.1. The minimum absolute atomic E-state index is 0.0253. The Kier molecular flexibility index (Phi) is 4.16. The number of nitrogens with two attached hydrogens (primary N) is 1. The molecule has 0 aliphatic heterocycles. The van der Waals surface area contributed by atoms with Crippen molar-refractivity contribution in [3.05, 3.63) is 16.3 Å². The Morgan fingerprint density at radius 2 is 2.29 bits per heavy atom. The van der Waals surface area contributed by atoms with Gasteiger partial charge in [0.15, 0.2) is 0 Å². The highest BCUT2D eigenvalue weighted by molar-refractivity contribution is 5.56. The van der Waals surface area contributed by atoms with E-state index in [0.29, 0.717) is 0 Å². The molecule has 0 aliphatic carbocycles. The summed E-state index contributed by atoms with van der Waals surface area (Å²) in [6.45, 7) is 3.58. The number of anilines is 2. The Morgan fingerprint density at radius 3 is 2.82 bits per heavy atom. The van der Waals surface area contributed by atoms with Crippen LogP contribution in [-0.2, 0) is 0 Å². The van der Waals surface area contributed by atoms with Gasteiger partial charge >= 0.3 is 5.69 Å². The first-order valence-electron chi connectivity index (χ1n) is 5.10. The molecule has 0 bridgehead atoms. The predicted octanol–water partition coefficient (Wildman–Crippen LogP) is 0.396. The van der Waals surface area contributed by atoms with Crippen LogP contribution in [0, 0.1) is 16.0 Å². The topological polar surface area (TPSA) is 127 Å². The van der Waals surface area contributed by atoms with Crippen LogP contribution in [0.25, 0.3) is 0 Å². The van der Waals surface area contributed by atoms with Crippen LogP contribution in [0.3, 0.4) is 0 Å². The molecule has 0 saturated carbocycles. The van der Waals surface area contributed by atoms with Crippen molar-refractivity contribution in [1.82, 2.24) is 9.97 Å². The van der Waals surface area contributed by atoms with Gasteiger partial charge in [0, 0.05) is 12.6 Å². The summed E-state index contributed by atoms with van der Waals surface area (Å²) in [6, 6.07) is -0.173. The molecule has 8 nitrogen and oxygen atoms in total. The fourth-order valence-corrected chi connectivity index (χ4v) is 1.14. The van der Waals surface area contributed by atoms with E-state index in [1.54, 1.807) is 6.92 Å². The van der Waals surface area contributed by atoms with Gasteiger partial charge in [-0.2, -0.15) is 4.98 Å². The van der Waals surface area contributed by atoms with Gasteiger partial charge in [-0.3, -0.25) is 10.1 Å². The molecule has 0 amide bonds. The lowest BCUT2D eigenvalue weighted by atomic mass is 10.1. The molecular weight excluding hydrogens is 226 g/mol. The van der Waals surface area contributed by atoms with Crippen LogP contribution < -0.4 is 11.1 Å². The van der Waals surface area contributed by atoms with Gasteiger partial charge in [-0.1, -0.05) is 6.92 Å². The van der Waals surface area contributed by atoms with E-state index in [1.807, 2.05) is 6.92 Å². The summed E-state index contributed by atoms with van der Waals surface area (Å²) in [5, 5.41) is 22.6. The van der Waals surface area contributed by atoms with E-state index in [1.165, 1.54) is 0 Å². The summed E-state index contributed by atoms with van der Waals surface area (Å²) in [7, 11) is 0. The number of aliphatic hydroxyl groups excluding tert-OH is 1. The molecule has 94 valence electrons. The molecule has 0 spiro atoms. The zero-order valence-electron chi connectivity index (χ0n) is 9.62. The van der Waals surface area contributed by atoms with Crippen molar-refractivity contribution in [3.8, 4) is 0 Å². The molecule has 0 saturated heterocycles. The lowest BCUT2D eigenvalue weighted by Gasteiger charge is -2.19. The highest BCUT2D eigenvalue weighted by atomic mass is 16.6. The first-order chi connectivity index (χ1) is 7.95. The highest BCUT2D eigenvalue weighted by Gasteiger charge is 2.20. The molecule has 8 heteroatoms. The molecule has 0 radical (unpaired) electrons. The molecule has 0 fully saturated rings. The van der Waals surface area contributed by atoms with Gasteiger partial charge in [-0.05, 0) is 12.8 Å². The lowest BCUT2D eigenvalue weighted by Crippen LogP contribution is -2.27. The number of hydrogen-bond acceptors (Lipinski definition) is 7. The number of rotatable bonds is 5. The number of aliphatic hydroxyl groups is 1. The number of aromatic nitrogens is 2. The van der Waals surface area contributed by atoms with Crippen LogP contribution in [0.1, 0.15) is 13.8 Å². The number of nitrogen functional groups attached to an aromatic ring is 1. The van der Waals surface area contributed by atoms with Gasteiger partial charge in [0.25, 0.3) is 0 Å². The maximum atomic E-state index is 10.7. The van der Waals surface area contributed by atoms with E-state index in [9.17, 15) is 10.1 Å². The van der Waals surface area contributed by atoms with Crippen molar-refractivity contribution in [3.63, 3.8) is 0 Å². The molecule has 1 heterocycles. The van der Waals surface area contributed by atoms with E-state index >= 15 is 0 Å². The van der Waals surface area contributed by atoms with Crippen LogP contribution in [0.4, 0.5) is 17.5 Å². The largest absolute Gasteiger partial charge is 0.396 e. The highest BCUT2D eigenvalue weighted by Crippen LogP contribution is 2.22. The Labute approximate surface area is 98.0 Å². The van der Waals surface area contributed by atoms with Gasteiger partial charge in [0.1, 0.15) is 6.20 Å². The zero-order chi connectivity index (χ0) is 13.0. The molecule has 1 aromatic heterocycles. The van der Waals surface area contributed by atoms with Gasteiger partial charge in [-0.15, -0.1) is 0 Å². The summed E-state index contributed by atoms with van der Waals surface area (Å²) >= 11 is 0. The minimum Gasteiger partial charge on any atom is -0.396 e. The smallest absolute Gasteiger partial charge is 0.329 e. The molecule has 2 atom stereocenters. The second-order valence-corrected chi connectivity index (χ2v) is 3.81. The SMILES string of the molecule is CC(CO)C(C)Nc1nc(N)ncc1[N+](=O)[O-]. The molecular formula is C9H15N5O3. The van der Waals surface area contributed by atoms with Gasteiger partial charge in [0.05, 0.1) is 4.92 Å². The first-order valence-corrected chi connectivity index (χ1v) is 5.10. The third kappa shape index (κ3) is 3.25. The quantitative estimate of drug-likeness (QED) is 0.502. The van der Waals surface area contributed by atoms with E-state index < -0.39 is 4.92 Å². The zero-order valence-corrected chi connectivity index (χ0v) is 9.62. The van der Waals surface area contributed by atoms with Crippen LogP contribution in [0.5, 0.6) is 0 Å². The van der Waals surface area contributed by atoms with Crippen molar-refractivity contribution >= 4 is 17.5 Å². The van der Waals surface area contributed by atoms with Crippen molar-refractivity contribution < 1.29 is 10.0 Å². The average molecular weight is 241 g/mol. The predicted molar refractivity (Wildman–Crippen MR) is 62.4 cm³/mol. The molecule has 17 heavy (non-hydrogen) atoms. The Morgan fingerprint density at radius 1 is 1.65 bits per heavy atom. The molecule has 2 unspecified atom stereocenters. The van der Waals surface area contributed by atoms with Crippen molar-refractivity contribution in [2.24, 2.45) is 5.92 Å². The number of hydrogen-bond donors (Lipinski definition) is 3. The molecule has 1 aromatic rings. The number of nitrogens with one attached hydrogen (secondary N) is 1. The van der Waals surface area contributed by atoms with Crippen LogP contribution in [0.15, 0.2) is 6.20 Å². The van der Waals surface area contributed by atoms with Gasteiger partial charge < -0.3 is 16.2 Å². The van der Waals surface area contributed by atoms with Crippen LogP contribution >= 0.6 is 0 Å². The molecule has 1 rings (SSSR count). The summed E-state index contributed by atoms with van der Waals surface area (Å²) in [4.78, 5) is 17.5. The fourth-order valence-electron chi connectivity index (χ4n) is 1.14. The summed E-state index contributed by atoms with van der Waals surface area (Å²) < 4.78 is 0. The standard InChI is InChI=1S/C9H15N5O3/c1-5(4-15)6(2)12-8-7(14(16)17)3-11-9(10)13-8/h3,5-6,15H,4H2,1-2H3,(H3,10,11,12,13).